The van der Waals surface area contributed by atoms with Crippen LogP contribution >= 0.6 is 11.3 Å². The fourth-order valence-electron chi connectivity index (χ4n) is 3.88. The third-order valence-corrected chi connectivity index (χ3v) is 6.52. The first-order valence-electron chi connectivity index (χ1n) is 11.1. The number of hydrogen-bond acceptors (Lipinski definition) is 6. The molecule has 0 saturated carbocycles. The number of carbonyl (C=O) groups excluding carboxylic acids is 2. The molecule has 8 heteroatoms. The number of ether oxygens (including phenoxy) is 1. The zero-order valence-electron chi connectivity index (χ0n) is 18.4. The van der Waals surface area contributed by atoms with Gasteiger partial charge in [-0.3, -0.25) is 9.59 Å². The monoisotopic (exact) mass is 464 g/mol. The van der Waals surface area contributed by atoms with E-state index in [-0.39, 0.29) is 17.7 Å². The van der Waals surface area contributed by atoms with Gasteiger partial charge in [0.2, 0.25) is 5.91 Å². The van der Waals surface area contributed by atoms with Crippen molar-refractivity contribution in [1.29, 1.82) is 0 Å². The Morgan fingerprint density at radius 3 is 2.64 bits per heavy atom. The molecule has 7 nitrogen and oxygen atoms in total. The van der Waals surface area contributed by atoms with Crippen molar-refractivity contribution < 1.29 is 14.3 Å². The Morgan fingerprint density at radius 2 is 1.94 bits per heavy atom. The van der Waals surface area contributed by atoms with Crippen LogP contribution in [0.5, 0.6) is 5.75 Å². The first-order chi connectivity index (χ1) is 16.1. The van der Waals surface area contributed by atoms with Crippen molar-refractivity contribution in [1.82, 2.24) is 9.88 Å². The molecule has 0 aliphatic carbocycles. The Labute approximate surface area is 197 Å². The van der Waals surface area contributed by atoms with Crippen LogP contribution in [0.25, 0.3) is 0 Å². The molecule has 0 radical (unpaired) electrons. The summed E-state index contributed by atoms with van der Waals surface area (Å²) in [6.45, 7) is 3.15. The Morgan fingerprint density at radius 1 is 1.15 bits per heavy atom. The number of anilines is 1. The number of amides is 2. The Bertz CT molecular complexity index is 1060. The summed E-state index contributed by atoms with van der Waals surface area (Å²) in [6.07, 6.45) is 2.61. The van der Waals surface area contributed by atoms with Gasteiger partial charge in [-0.2, -0.15) is 0 Å². The Kier molecular flexibility index (Phi) is 7.70. The van der Waals surface area contributed by atoms with E-state index in [1.54, 1.807) is 23.7 Å². The summed E-state index contributed by atoms with van der Waals surface area (Å²) in [6, 6.07) is 15.1. The fourth-order valence-corrected chi connectivity index (χ4v) is 4.42. The molecule has 2 amide bonds. The van der Waals surface area contributed by atoms with Gasteiger partial charge in [-0.25, -0.2) is 4.98 Å². The van der Waals surface area contributed by atoms with Gasteiger partial charge in [0.05, 0.1) is 11.2 Å². The molecule has 4 rings (SSSR count). The van der Waals surface area contributed by atoms with Crippen molar-refractivity contribution in [2.75, 3.05) is 25.0 Å². The number of nitrogens with two attached hydrogens (primary N) is 1. The van der Waals surface area contributed by atoms with Crippen molar-refractivity contribution in [3.63, 3.8) is 0 Å². The Hall–Kier alpha value is -3.23. The number of benzene rings is 2. The van der Waals surface area contributed by atoms with E-state index >= 15 is 0 Å². The predicted molar refractivity (Wildman–Crippen MR) is 129 cm³/mol. The molecule has 2 heterocycles. The van der Waals surface area contributed by atoms with Crippen LogP contribution in [0.4, 0.5) is 5.69 Å². The standard InChI is InChI=1S/C25H28N4O3S/c26-24(30)19-9-12-29(13-10-19)11-8-18-4-6-21(7-5-18)28-25(31)20-2-1-3-23(14-20)32-15-22-16-33-17-27-22/h1-7,14,16-17,19H,8-13,15H2,(H2,26,30)(H,28,31). The molecule has 1 fully saturated rings. The quantitative estimate of drug-likeness (QED) is 0.503. The first kappa shape index (κ1) is 22.9. The lowest BCUT2D eigenvalue weighted by Crippen LogP contribution is -2.39. The largest absolute Gasteiger partial charge is 0.487 e. The van der Waals surface area contributed by atoms with Crippen LogP contribution in [0.3, 0.4) is 0 Å². The molecule has 1 aliphatic rings. The number of primary amides is 1. The van der Waals surface area contributed by atoms with Crippen LogP contribution in [-0.2, 0) is 17.8 Å². The van der Waals surface area contributed by atoms with Crippen molar-refractivity contribution >= 4 is 28.8 Å². The van der Waals surface area contributed by atoms with Crippen molar-refractivity contribution in [2.45, 2.75) is 25.9 Å². The van der Waals surface area contributed by atoms with Crippen molar-refractivity contribution in [3.8, 4) is 5.75 Å². The van der Waals surface area contributed by atoms with Gasteiger partial charge in [-0.1, -0.05) is 18.2 Å². The number of piperidine rings is 1. The molecular formula is C25H28N4O3S. The highest BCUT2D eigenvalue weighted by Gasteiger charge is 2.22. The maximum Gasteiger partial charge on any atom is 0.255 e. The molecule has 0 atom stereocenters. The molecule has 1 aromatic heterocycles. The SMILES string of the molecule is NC(=O)C1CCN(CCc2ccc(NC(=O)c3cccc(OCc4cscn4)c3)cc2)CC1. The second-order valence-electron chi connectivity index (χ2n) is 8.22. The number of hydrogen-bond donors (Lipinski definition) is 2. The second kappa shape index (κ2) is 11.1. The van der Waals surface area contributed by atoms with Gasteiger partial charge in [0, 0.05) is 29.1 Å². The Balaban J connectivity index is 1.25. The molecule has 172 valence electrons. The number of likely N-dealkylation sites (tertiary alicyclic amines) is 1. The summed E-state index contributed by atoms with van der Waals surface area (Å²) in [5.41, 5.74) is 10.5. The van der Waals surface area contributed by atoms with E-state index in [1.165, 1.54) is 16.9 Å². The van der Waals surface area contributed by atoms with Crippen LogP contribution in [0.2, 0.25) is 0 Å². The van der Waals surface area contributed by atoms with Gasteiger partial charge in [-0.05, 0) is 68.2 Å². The molecule has 0 unspecified atom stereocenters. The molecule has 1 aliphatic heterocycles. The maximum absolute atomic E-state index is 12.7. The number of thiazole rings is 1. The zero-order valence-corrected chi connectivity index (χ0v) is 19.2. The summed E-state index contributed by atoms with van der Waals surface area (Å²) in [5, 5.41) is 4.88. The third-order valence-electron chi connectivity index (χ3n) is 5.88. The highest BCUT2D eigenvalue weighted by atomic mass is 32.1. The van der Waals surface area contributed by atoms with E-state index in [9.17, 15) is 9.59 Å². The van der Waals surface area contributed by atoms with E-state index in [0.29, 0.717) is 17.9 Å². The smallest absolute Gasteiger partial charge is 0.255 e. The van der Waals surface area contributed by atoms with Crippen LogP contribution in [0.15, 0.2) is 59.4 Å². The van der Waals surface area contributed by atoms with Gasteiger partial charge in [0.1, 0.15) is 12.4 Å². The van der Waals surface area contributed by atoms with Crippen molar-refractivity contribution in [2.24, 2.45) is 11.7 Å². The van der Waals surface area contributed by atoms with Crippen LogP contribution < -0.4 is 15.8 Å². The summed E-state index contributed by atoms with van der Waals surface area (Å²) >= 11 is 1.52. The van der Waals surface area contributed by atoms with Gasteiger partial charge >= 0.3 is 0 Å². The summed E-state index contributed by atoms with van der Waals surface area (Å²) in [4.78, 5) is 30.5. The van der Waals surface area contributed by atoms with Gasteiger partial charge in [0.15, 0.2) is 0 Å². The number of rotatable bonds is 9. The van der Waals surface area contributed by atoms with E-state index in [1.807, 2.05) is 35.7 Å². The van der Waals surface area contributed by atoms with E-state index in [2.05, 4.69) is 15.2 Å². The lowest BCUT2D eigenvalue weighted by Gasteiger charge is -2.30. The average Bonchev–Trinajstić information content (AvgIpc) is 3.36. The van der Waals surface area contributed by atoms with Crippen LogP contribution in [0.1, 0.15) is 34.5 Å². The maximum atomic E-state index is 12.7. The minimum absolute atomic E-state index is 0.0226. The number of nitrogens with zero attached hydrogens (tertiary/aromatic N) is 2. The molecule has 3 aromatic rings. The van der Waals surface area contributed by atoms with E-state index < -0.39 is 0 Å². The van der Waals surface area contributed by atoms with Gasteiger partial charge < -0.3 is 20.7 Å². The highest BCUT2D eigenvalue weighted by molar-refractivity contribution is 7.07. The molecule has 0 bridgehead atoms. The van der Waals surface area contributed by atoms with Crippen molar-refractivity contribution in [3.05, 3.63) is 76.2 Å². The molecule has 2 aromatic carbocycles. The fraction of sp³-hybridized carbons (Fsp3) is 0.320. The minimum Gasteiger partial charge on any atom is -0.487 e. The highest BCUT2D eigenvalue weighted by Crippen LogP contribution is 2.19. The van der Waals surface area contributed by atoms with Gasteiger partial charge in [-0.15, -0.1) is 11.3 Å². The average molecular weight is 465 g/mol. The van der Waals surface area contributed by atoms with Gasteiger partial charge in [0.25, 0.3) is 5.91 Å². The topological polar surface area (TPSA) is 97.6 Å². The molecular weight excluding hydrogens is 436 g/mol. The van der Waals surface area contributed by atoms with E-state index in [4.69, 9.17) is 10.5 Å². The summed E-state index contributed by atoms with van der Waals surface area (Å²) < 4.78 is 5.74. The van der Waals surface area contributed by atoms with Crippen LogP contribution in [-0.4, -0.2) is 41.3 Å². The number of carbonyl (C=O) groups is 2. The molecule has 33 heavy (non-hydrogen) atoms. The second-order valence-corrected chi connectivity index (χ2v) is 8.93. The predicted octanol–water partition coefficient (Wildman–Crippen LogP) is 3.71. The minimum atomic E-state index is -0.181. The lowest BCUT2D eigenvalue weighted by molar-refractivity contribution is -0.123. The normalized spacial score (nSPS) is 14.7. The molecule has 0 spiro atoms. The number of nitrogens with one attached hydrogen (secondary N) is 1. The van der Waals surface area contributed by atoms with E-state index in [0.717, 1.165) is 50.3 Å². The number of aromatic nitrogens is 1. The summed E-state index contributed by atoms with van der Waals surface area (Å²) in [7, 11) is 0. The molecule has 3 N–H and O–H groups in total. The van der Waals surface area contributed by atoms with Crippen LogP contribution in [0, 0.1) is 5.92 Å². The molecule has 1 saturated heterocycles. The summed E-state index contributed by atoms with van der Waals surface area (Å²) in [5.74, 6) is 0.293. The first-order valence-corrected chi connectivity index (χ1v) is 12.0. The zero-order chi connectivity index (χ0) is 23.0. The third kappa shape index (κ3) is 6.63. The lowest BCUT2D eigenvalue weighted by atomic mass is 9.96.